The number of aliphatic hydroxyl groups excluding tert-OH is 1. The minimum atomic E-state index is -3.67. The first-order chi connectivity index (χ1) is 24.9. The molecule has 1 aliphatic rings. The van der Waals surface area contributed by atoms with Crippen LogP contribution < -0.4 is 4.72 Å². The fourth-order valence-electron chi connectivity index (χ4n) is 5.85. The molecule has 11 nitrogen and oxygen atoms in total. The second-order valence-corrected chi connectivity index (χ2v) is 14.7. The van der Waals surface area contributed by atoms with Crippen LogP contribution in [0, 0.1) is 0 Å². The van der Waals surface area contributed by atoms with Crippen molar-refractivity contribution in [3.05, 3.63) is 150 Å². The number of ether oxygens (including phenoxy) is 2. The van der Waals surface area contributed by atoms with Crippen molar-refractivity contribution in [1.29, 1.82) is 0 Å². The first kappa shape index (κ1) is 34.6. The molecular weight excluding hydrogens is 687 g/mol. The van der Waals surface area contributed by atoms with Crippen LogP contribution in [0.1, 0.15) is 41.1 Å². The van der Waals surface area contributed by atoms with E-state index in [0.29, 0.717) is 17.3 Å². The summed E-state index contributed by atoms with van der Waals surface area (Å²) in [6.45, 7) is 0.0943. The Bertz CT molecular complexity index is 2160. The Hall–Kier alpha value is -4.89. The molecule has 5 aromatic carbocycles. The fourth-order valence-corrected chi connectivity index (χ4v) is 7.78. The molecule has 0 aliphatic carbocycles. The lowest BCUT2D eigenvalue weighted by atomic mass is 9.98. The minimum absolute atomic E-state index is 0.0407. The van der Waals surface area contributed by atoms with Gasteiger partial charge in [-0.05, 0) is 74.6 Å². The Morgan fingerprint density at radius 2 is 1.53 bits per heavy atom. The predicted molar refractivity (Wildman–Crippen MR) is 192 cm³/mol. The van der Waals surface area contributed by atoms with Crippen molar-refractivity contribution in [2.75, 3.05) is 5.75 Å². The number of hydrogen-bond donors (Lipinski definition) is 3. The standard InChI is InChI=1S/C38H35N5O6S2/c44-24-26-10-12-28(13-11-26)36-22-33(25-50-38-40-41-42-43(38)31-18-20-32(45)21-19-31)48-37(49-36)29-16-14-27(15-17-29)35-9-5-4-6-30(35)23-39-51(46,47)34-7-2-1-3-8-34/h1-21,33,36-37,39,44-45H,22-25H2/t33-,36+,37+/m1/s1. The van der Waals surface area contributed by atoms with Gasteiger partial charge in [-0.3, -0.25) is 0 Å². The number of aromatic hydroxyl groups is 1. The molecule has 1 aliphatic heterocycles. The van der Waals surface area contributed by atoms with Gasteiger partial charge in [0.15, 0.2) is 6.29 Å². The van der Waals surface area contributed by atoms with Crippen LogP contribution in [-0.2, 0) is 32.6 Å². The highest BCUT2D eigenvalue weighted by Gasteiger charge is 2.33. The Balaban J connectivity index is 1.09. The number of aliphatic hydroxyl groups is 1. The molecule has 2 heterocycles. The topological polar surface area (TPSA) is 149 Å². The van der Waals surface area contributed by atoms with Gasteiger partial charge in [0.2, 0.25) is 15.2 Å². The van der Waals surface area contributed by atoms with E-state index >= 15 is 0 Å². The molecular formula is C38H35N5O6S2. The number of phenols is 1. The number of aromatic nitrogens is 4. The van der Waals surface area contributed by atoms with Gasteiger partial charge in [0.25, 0.3) is 0 Å². The smallest absolute Gasteiger partial charge is 0.240 e. The van der Waals surface area contributed by atoms with Gasteiger partial charge in [-0.25, -0.2) is 13.1 Å². The summed E-state index contributed by atoms with van der Waals surface area (Å²) in [7, 11) is -3.67. The fraction of sp³-hybridized carbons (Fsp3) is 0.184. The lowest BCUT2D eigenvalue weighted by Gasteiger charge is -2.36. The summed E-state index contributed by atoms with van der Waals surface area (Å²) < 4.78 is 43.2. The zero-order chi connectivity index (χ0) is 35.2. The van der Waals surface area contributed by atoms with E-state index in [1.807, 2.05) is 72.8 Å². The van der Waals surface area contributed by atoms with Crippen molar-refractivity contribution in [3.8, 4) is 22.6 Å². The van der Waals surface area contributed by atoms with Crippen molar-refractivity contribution in [2.24, 2.45) is 0 Å². The summed E-state index contributed by atoms with van der Waals surface area (Å²) >= 11 is 1.47. The summed E-state index contributed by atoms with van der Waals surface area (Å²) in [6.07, 6.45) is -0.568. The SMILES string of the molecule is O=S(=O)(NCc1ccccc1-c1ccc([C@H]2O[C@@H](CSc3nnnn3-c3ccc(O)cc3)C[C@@H](c3ccc(CO)cc3)O2)cc1)c1ccccc1. The molecule has 1 saturated heterocycles. The number of nitrogens with one attached hydrogen (secondary N) is 1. The number of tetrazole rings is 1. The summed E-state index contributed by atoms with van der Waals surface area (Å²) in [4.78, 5) is 0.217. The first-order valence-corrected chi connectivity index (χ1v) is 18.8. The van der Waals surface area contributed by atoms with E-state index in [1.165, 1.54) is 11.8 Å². The van der Waals surface area contributed by atoms with E-state index < -0.39 is 16.3 Å². The molecule has 0 saturated carbocycles. The molecule has 13 heteroatoms. The highest BCUT2D eigenvalue weighted by molar-refractivity contribution is 7.99. The summed E-state index contributed by atoms with van der Waals surface area (Å²) in [5.41, 5.74) is 6.03. The third-order valence-electron chi connectivity index (χ3n) is 8.57. The number of hydrogen-bond acceptors (Lipinski definition) is 10. The number of rotatable bonds is 12. The molecule has 51 heavy (non-hydrogen) atoms. The molecule has 0 radical (unpaired) electrons. The van der Waals surface area contributed by atoms with Crippen molar-refractivity contribution in [3.63, 3.8) is 0 Å². The van der Waals surface area contributed by atoms with Crippen molar-refractivity contribution < 1.29 is 28.1 Å². The maximum absolute atomic E-state index is 12.9. The average molecular weight is 722 g/mol. The van der Waals surface area contributed by atoms with Gasteiger partial charge in [0.05, 0.1) is 29.4 Å². The summed E-state index contributed by atoms with van der Waals surface area (Å²) in [5.74, 6) is 0.706. The zero-order valence-corrected chi connectivity index (χ0v) is 29.0. The molecule has 3 N–H and O–H groups in total. The van der Waals surface area contributed by atoms with E-state index in [1.54, 1.807) is 59.3 Å². The van der Waals surface area contributed by atoms with Crippen LogP contribution in [0.2, 0.25) is 0 Å². The molecule has 7 rings (SSSR count). The number of phenolic OH excluding ortho intramolecular Hbond substituents is 1. The average Bonchev–Trinajstić information content (AvgIpc) is 3.66. The van der Waals surface area contributed by atoms with Crippen LogP contribution in [-0.4, -0.2) is 50.7 Å². The first-order valence-electron chi connectivity index (χ1n) is 16.3. The van der Waals surface area contributed by atoms with E-state index in [9.17, 15) is 18.6 Å². The third kappa shape index (κ3) is 8.20. The van der Waals surface area contributed by atoms with Crippen LogP contribution >= 0.6 is 11.8 Å². The van der Waals surface area contributed by atoms with Gasteiger partial charge in [0, 0.05) is 24.3 Å². The van der Waals surface area contributed by atoms with Crippen LogP contribution in [0.15, 0.2) is 137 Å². The zero-order valence-electron chi connectivity index (χ0n) is 27.3. The maximum Gasteiger partial charge on any atom is 0.240 e. The van der Waals surface area contributed by atoms with Gasteiger partial charge in [-0.15, -0.1) is 5.10 Å². The number of thioether (sulfide) groups is 1. The Labute approximate surface area is 299 Å². The second kappa shape index (κ2) is 15.6. The molecule has 0 amide bonds. The quantitative estimate of drug-likeness (QED) is 0.122. The Morgan fingerprint density at radius 3 is 2.27 bits per heavy atom. The van der Waals surface area contributed by atoms with Crippen molar-refractivity contribution in [2.45, 2.75) is 48.1 Å². The van der Waals surface area contributed by atoms with Crippen molar-refractivity contribution >= 4 is 21.8 Å². The van der Waals surface area contributed by atoms with Crippen LogP contribution in [0.5, 0.6) is 5.75 Å². The van der Waals surface area contributed by atoms with Gasteiger partial charge in [-0.1, -0.05) is 103 Å². The molecule has 1 aromatic heterocycles. The highest BCUT2D eigenvalue weighted by Crippen LogP contribution is 2.40. The van der Waals surface area contributed by atoms with E-state index in [2.05, 4.69) is 20.2 Å². The Kier molecular flexibility index (Phi) is 10.5. The molecule has 0 unspecified atom stereocenters. The number of nitrogens with zero attached hydrogens (tertiary/aromatic N) is 4. The molecule has 260 valence electrons. The lowest BCUT2D eigenvalue weighted by molar-refractivity contribution is -0.245. The third-order valence-corrected chi connectivity index (χ3v) is 11.0. The van der Waals surface area contributed by atoms with Crippen LogP contribution in [0.25, 0.3) is 16.8 Å². The highest BCUT2D eigenvalue weighted by atomic mass is 32.2. The predicted octanol–water partition coefficient (Wildman–Crippen LogP) is 6.34. The summed E-state index contributed by atoms with van der Waals surface area (Å²) in [5, 5.41) is 32.1. The normalized spacial score (nSPS) is 17.7. The van der Waals surface area contributed by atoms with E-state index in [0.717, 1.165) is 39.1 Å². The molecule has 0 bridgehead atoms. The lowest BCUT2D eigenvalue weighted by Crippen LogP contribution is -2.31. The van der Waals surface area contributed by atoms with Gasteiger partial charge in [-0.2, -0.15) is 4.68 Å². The van der Waals surface area contributed by atoms with Gasteiger partial charge in [0.1, 0.15) is 5.75 Å². The molecule has 1 fully saturated rings. The van der Waals surface area contributed by atoms with E-state index in [-0.39, 0.29) is 36.0 Å². The molecule has 6 aromatic rings. The maximum atomic E-state index is 12.9. The van der Waals surface area contributed by atoms with Gasteiger partial charge < -0.3 is 19.7 Å². The van der Waals surface area contributed by atoms with Crippen LogP contribution in [0.3, 0.4) is 0 Å². The largest absolute Gasteiger partial charge is 0.508 e. The second-order valence-electron chi connectivity index (χ2n) is 12.0. The number of sulfonamides is 1. The van der Waals surface area contributed by atoms with Crippen LogP contribution in [0.4, 0.5) is 0 Å². The summed E-state index contributed by atoms with van der Waals surface area (Å²) in [6, 6.07) is 38.3. The number of benzene rings is 5. The monoisotopic (exact) mass is 721 g/mol. The van der Waals surface area contributed by atoms with E-state index in [4.69, 9.17) is 9.47 Å². The Morgan fingerprint density at radius 1 is 0.824 bits per heavy atom. The minimum Gasteiger partial charge on any atom is -0.508 e. The van der Waals surface area contributed by atoms with Gasteiger partial charge >= 0.3 is 0 Å². The molecule has 3 atom stereocenters. The van der Waals surface area contributed by atoms with Crippen molar-refractivity contribution in [1.82, 2.24) is 24.9 Å². The molecule has 0 spiro atoms.